The van der Waals surface area contributed by atoms with Gasteiger partial charge in [-0.2, -0.15) is 10.2 Å². The number of hydrogen-bond donors (Lipinski definition) is 1. The van der Waals surface area contributed by atoms with Gasteiger partial charge in [-0.05, 0) is 31.2 Å². The second-order valence-electron chi connectivity index (χ2n) is 4.58. The Morgan fingerprint density at radius 1 is 1.14 bits per heavy atom. The van der Waals surface area contributed by atoms with Crippen LogP contribution in [0.4, 0.5) is 5.69 Å². The fourth-order valence-electron chi connectivity index (χ4n) is 2.27. The van der Waals surface area contributed by atoms with Crippen molar-refractivity contribution in [1.82, 2.24) is 19.6 Å². The minimum Gasteiger partial charge on any atom is -0.378 e. The van der Waals surface area contributed by atoms with Crippen LogP contribution in [0.2, 0.25) is 5.02 Å². The first-order chi connectivity index (χ1) is 10.3. The van der Waals surface area contributed by atoms with Crippen molar-refractivity contribution in [2.45, 2.75) is 20.0 Å². The van der Waals surface area contributed by atoms with Gasteiger partial charge in [0.15, 0.2) is 0 Å². The van der Waals surface area contributed by atoms with E-state index in [1.165, 1.54) is 0 Å². The summed E-state index contributed by atoms with van der Waals surface area (Å²) in [4.78, 5) is 0. The molecule has 21 heavy (non-hydrogen) atoms. The molecule has 5 nitrogen and oxygen atoms in total. The van der Waals surface area contributed by atoms with Crippen LogP contribution in [0.25, 0.3) is 5.69 Å². The molecule has 6 heteroatoms. The van der Waals surface area contributed by atoms with E-state index < -0.39 is 0 Å². The lowest BCUT2D eigenvalue weighted by Crippen LogP contribution is -2.10. The first-order valence-corrected chi connectivity index (χ1v) is 7.20. The predicted octanol–water partition coefficient (Wildman–Crippen LogP) is 3.35. The highest BCUT2D eigenvalue weighted by atomic mass is 35.5. The van der Waals surface area contributed by atoms with Crippen molar-refractivity contribution in [1.29, 1.82) is 0 Å². The second kappa shape index (κ2) is 6.01. The molecule has 0 amide bonds. The average molecular weight is 302 g/mol. The lowest BCUT2D eigenvalue weighted by atomic mass is 10.2. The van der Waals surface area contributed by atoms with Gasteiger partial charge >= 0.3 is 0 Å². The number of rotatable bonds is 5. The Hall–Kier alpha value is -2.27. The number of nitrogens with one attached hydrogen (secondary N) is 1. The van der Waals surface area contributed by atoms with Gasteiger partial charge < -0.3 is 5.32 Å². The molecular weight excluding hydrogens is 286 g/mol. The average Bonchev–Trinajstić information content (AvgIpc) is 3.16. The van der Waals surface area contributed by atoms with Gasteiger partial charge in [-0.25, -0.2) is 4.68 Å². The van der Waals surface area contributed by atoms with Gasteiger partial charge in [-0.3, -0.25) is 4.68 Å². The monoisotopic (exact) mass is 301 g/mol. The van der Waals surface area contributed by atoms with Gasteiger partial charge in [0.05, 0.1) is 22.9 Å². The first-order valence-electron chi connectivity index (χ1n) is 6.82. The summed E-state index contributed by atoms with van der Waals surface area (Å²) in [5.41, 5.74) is 2.92. The molecule has 0 aliphatic rings. The maximum atomic E-state index is 6.32. The topological polar surface area (TPSA) is 47.7 Å². The lowest BCUT2D eigenvalue weighted by molar-refractivity contribution is 0.627. The molecule has 2 aromatic heterocycles. The molecule has 0 radical (unpaired) electrons. The molecule has 0 fully saturated rings. The van der Waals surface area contributed by atoms with Gasteiger partial charge in [-0.15, -0.1) is 0 Å². The first kappa shape index (κ1) is 13.7. The van der Waals surface area contributed by atoms with Crippen molar-refractivity contribution in [3.63, 3.8) is 0 Å². The Morgan fingerprint density at radius 2 is 2.05 bits per heavy atom. The highest BCUT2D eigenvalue weighted by Gasteiger charge is 2.10. The van der Waals surface area contributed by atoms with Crippen molar-refractivity contribution < 1.29 is 0 Å². The minimum absolute atomic E-state index is 0.660. The van der Waals surface area contributed by atoms with E-state index >= 15 is 0 Å². The molecule has 0 spiro atoms. The Labute approximate surface area is 128 Å². The zero-order valence-corrected chi connectivity index (χ0v) is 12.5. The Balaban J connectivity index is 1.88. The fraction of sp³-hybridized carbons (Fsp3) is 0.200. The predicted molar refractivity (Wildman–Crippen MR) is 83.8 cm³/mol. The van der Waals surface area contributed by atoms with Crippen LogP contribution in [0.1, 0.15) is 12.6 Å². The number of aromatic nitrogens is 4. The van der Waals surface area contributed by atoms with Crippen molar-refractivity contribution in [3.05, 3.63) is 59.6 Å². The molecule has 0 saturated heterocycles. The summed E-state index contributed by atoms with van der Waals surface area (Å²) in [6.45, 7) is 3.61. The molecule has 0 aliphatic carbocycles. The van der Waals surface area contributed by atoms with Crippen LogP contribution in [0.3, 0.4) is 0 Å². The molecule has 2 heterocycles. The summed E-state index contributed by atoms with van der Waals surface area (Å²) in [5, 5.41) is 12.6. The van der Waals surface area contributed by atoms with E-state index in [0.29, 0.717) is 11.6 Å². The van der Waals surface area contributed by atoms with Crippen LogP contribution in [-0.4, -0.2) is 19.6 Å². The summed E-state index contributed by atoms with van der Waals surface area (Å²) in [6, 6.07) is 9.66. The van der Waals surface area contributed by atoms with Crippen molar-refractivity contribution in [2.75, 3.05) is 5.32 Å². The Morgan fingerprint density at radius 3 is 2.81 bits per heavy atom. The van der Waals surface area contributed by atoms with E-state index in [4.69, 9.17) is 11.6 Å². The lowest BCUT2D eigenvalue weighted by Gasteiger charge is -2.14. The van der Waals surface area contributed by atoms with Crippen LogP contribution in [0, 0.1) is 0 Å². The molecule has 0 unspecified atom stereocenters. The maximum Gasteiger partial charge on any atom is 0.106 e. The molecule has 1 aromatic carbocycles. The number of aryl methyl sites for hydroxylation is 1. The highest BCUT2D eigenvalue weighted by Crippen LogP contribution is 2.28. The van der Waals surface area contributed by atoms with Gasteiger partial charge in [0.25, 0.3) is 0 Å². The minimum atomic E-state index is 0.660. The molecule has 0 atom stereocenters. The van der Waals surface area contributed by atoms with E-state index in [1.807, 2.05) is 47.4 Å². The Bertz CT molecular complexity index is 718. The van der Waals surface area contributed by atoms with E-state index in [9.17, 15) is 0 Å². The molecule has 3 rings (SSSR count). The summed E-state index contributed by atoms with van der Waals surface area (Å²) in [6.07, 6.45) is 5.43. The second-order valence-corrected chi connectivity index (χ2v) is 4.99. The number of hydrogen-bond acceptors (Lipinski definition) is 3. The van der Waals surface area contributed by atoms with E-state index in [2.05, 4.69) is 22.4 Å². The third kappa shape index (κ3) is 2.78. The zero-order valence-electron chi connectivity index (χ0n) is 11.7. The van der Waals surface area contributed by atoms with Gasteiger partial charge in [0.2, 0.25) is 0 Å². The summed E-state index contributed by atoms with van der Waals surface area (Å²) >= 11 is 6.32. The largest absolute Gasteiger partial charge is 0.378 e. The number of nitrogens with zero attached hydrogens (tertiary/aromatic N) is 4. The van der Waals surface area contributed by atoms with Crippen LogP contribution < -0.4 is 5.32 Å². The van der Waals surface area contributed by atoms with Crippen LogP contribution in [0.5, 0.6) is 0 Å². The normalized spacial score (nSPS) is 10.8. The fourth-order valence-corrected chi connectivity index (χ4v) is 2.53. The molecule has 108 valence electrons. The van der Waals surface area contributed by atoms with Gasteiger partial charge in [0, 0.05) is 25.1 Å². The Kier molecular flexibility index (Phi) is 3.92. The van der Waals surface area contributed by atoms with Gasteiger partial charge in [-0.1, -0.05) is 17.7 Å². The van der Waals surface area contributed by atoms with E-state index in [-0.39, 0.29) is 0 Å². The van der Waals surface area contributed by atoms with Crippen molar-refractivity contribution in [2.24, 2.45) is 0 Å². The maximum absolute atomic E-state index is 6.32. The molecule has 0 bridgehead atoms. The summed E-state index contributed by atoms with van der Waals surface area (Å²) < 4.78 is 3.73. The van der Waals surface area contributed by atoms with Crippen molar-refractivity contribution >= 4 is 17.3 Å². The molecule has 3 aromatic rings. The van der Waals surface area contributed by atoms with Crippen molar-refractivity contribution in [3.8, 4) is 5.69 Å². The van der Waals surface area contributed by atoms with E-state index in [1.54, 1.807) is 10.9 Å². The molecule has 0 aliphatic heterocycles. The number of halogens is 1. The van der Waals surface area contributed by atoms with Crippen LogP contribution in [-0.2, 0) is 13.1 Å². The van der Waals surface area contributed by atoms with Crippen LogP contribution >= 0.6 is 11.6 Å². The summed E-state index contributed by atoms with van der Waals surface area (Å²) in [7, 11) is 0. The SMILES string of the molecule is CCn1nccc1CNc1cccc(Cl)c1-n1cccn1. The summed E-state index contributed by atoms with van der Waals surface area (Å²) in [5.74, 6) is 0. The standard InChI is InChI=1S/C15H16ClN5/c1-2-20-12(7-9-19-20)11-17-14-6-3-5-13(16)15(14)21-10-4-8-18-21/h3-10,17H,2,11H2,1H3. The van der Waals surface area contributed by atoms with Gasteiger partial charge in [0.1, 0.15) is 5.69 Å². The smallest absolute Gasteiger partial charge is 0.106 e. The number of benzene rings is 1. The number of anilines is 1. The zero-order chi connectivity index (χ0) is 14.7. The highest BCUT2D eigenvalue weighted by molar-refractivity contribution is 6.33. The molecule has 1 N–H and O–H groups in total. The number of para-hydroxylation sites is 1. The molecule has 0 saturated carbocycles. The quantitative estimate of drug-likeness (QED) is 0.786. The third-order valence-corrected chi connectivity index (χ3v) is 3.59. The van der Waals surface area contributed by atoms with Crippen LogP contribution in [0.15, 0.2) is 48.9 Å². The van der Waals surface area contributed by atoms with E-state index in [0.717, 1.165) is 23.6 Å². The molecular formula is C15H16ClN5. The third-order valence-electron chi connectivity index (χ3n) is 3.28.